The van der Waals surface area contributed by atoms with Crippen molar-refractivity contribution in [2.75, 3.05) is 0 Å². The minimum absolute atomic E-state index is 0.978. The van der Waals surface area contributed by atoms with Gasteiger partial charge in [0, 0.05) is 22.1 Å². The van der Waals surface area contributed by atoms with E-state index in [0.717, 1.165) is 5.69 Å². The summed E-state index contributed by atoms with van der Waals surface area (Å²) in [7, 11) is 3.13. The number of pyridine rings is 1. The fourth-order valence-corrected chi connectivity index (χ4v) is 2.22. The van der Waals surface area contributed by atoms with Crippen LogP contribution < -0.4 is 0 Å². The minimum atomic E-state index is 0.978. The van der Waals surface area contributed by atoms with Gasteiger partial charge in [-0.25, -0.2) is 4.40 Å². The molecule has 1 aromatic rings. The van der Waals surface area contributed by atoms with Crippen LogP contribution >= 0.6 is 21.8 Å². The lowest BCUT2D eigenvalue weighted by molar-refractivity contribution is 1.22. The van der Waals surface area contributed by atoms with Crippen LogP contribution in [0.5, 0.6) is 0 Å². The van der Waals surface area contributed by atoms with Crippen molar-refractivity contribution in [2.24, 2.45) is 4.40 Å². The molecule has 2 rings (SSSR count). The van der Waals surface area contributed by atoms with Crippen LogP contribution in [-0.2, 0) is 0 Å². The predicted octanol–water partition coefficient (Wildman–Crippen LogP) is 2.17. The molecule has 0 aliphatic carbocycles. The van der Waals surface area contributed by atoms with Crippen molar-refractivity contribution in [1.29, 1.82) is 0 Å². The Hall–Kier alpha value is -0.480. The Balaban J connectivity index is 2.54. The molecule has 0 atom stereocenters. The van der Waals surface area contributed by atoms with Crippen LogP contribution in [0.3, 0.4) is 0 Å². The van der Waals surface area contributed by atoms with Crippen molar-refractivity contribution in [3.8, 4) is 0 Å². The molecule has 0 aromatic carbocycles. The number of nitrogens with zero attached hydrogens (tertiary/aromatic N) is 2. The molecule has 1 aliphatic heterocycles. The molecule has 0 N–H and O–H groups in total. The highest BCUT2D eigenvalue weighted by Crippen LogP contribution is 2.35. The Morgan fingerprint density at radius 1 is 1.40 bits per heavy atom. The predicted molar refractivity (Wildman–Crippen MR) is 45.3 cm³/mol. The summed E-state index contributed by atoms with van der Waals surface area (Å²) in [5.74, 6) is 0. The largest absolute Gasteiger partial charge is 0.254 e. The van der Waals surface area contributed by atoms with Crippen molar-refractivity contribution in [2.45, 2.75) is 4.90 Å². The van der Waals surface area contributed by atoms with Crippen LogP contribution in [0, 0.1) is 0 Å². The van der Waals surface area contributed by atoms with Crippen molar-refractivity contribution in [1.82, 2.24) is 4.98 Å². The first kappa shape index (κ1) is 6.24. The van der Waals surface area contributed by atoms with E-state index in [1.54, 1.807) is 23.2 Å². The Kier molecular flexibility index (Phi) is 1.65. The summed E-state index contributed by atoms with van der Waals surface area (Å²) in [5, 5.41) is 0. The number of fused-ring (bicyclic) bond motifs is 1. The highest BCUT2D eigenvalue weighted by atomic mass is 33.1. The second-order valence-electron chi connectivity index (χ2n) is 1.78. The van der Waals surface area contributed by atoms with Crippen LogP contribution in [0.15, 0.2) is 27.6 Å². The second kappa shape index (κ2) is 2.64. The number of hydrogen-bond acceptors (Lipinski definition) is 4. The maximum atomic E-state index is 4.14. The summed E-state index contributed by atoms with van der Waals surface area (Å²) in [6, 6.07) is 3.98. The molecule has 0 unspecified atom stereocenters. The van der Waals surface area contributed by atoms with Crippen LogP contribution in [0.25, 0.3) is 0 Å². The zero-order valence-electron chi connectivity index (χ0n) is 5.02. The molecule has 10 heavy (non-hydrogen) atoms. The summed E-state index contributed by atoms with van der Waals surface area (Å²) in [4.78, 5) is 5.33. The molecule has 4 heteroatoms. The van der Waals surface area contributed by atoms with Gasteiger partial charge in [-0.2, -0.15) is 0 Å². The third kappa shape index (κ3) is 1.04. The number of hydrogen-bond donors (Lipinski definition) is 0. The smallest absolute Gasteiger partial charge is 0.0964 e. The zero-order chi connectivity index (χ0) is 6.81. The number of rotatable bonds is 0. The van der Waals surface area contributed by atoms with Crippen LogP contribution in [0.1, 0.15) is 5.69 Å². The van der Waals surface area contributed by atoms with Gasteiger partial charge in [-0.05, 0) is 22.9 Å². The van der Waals surface area contributed by atoms with E-state index in [1.165, 1.54) is 15.9 Å². The van der Waals surface area contributed by atoms with Crippen molar-refractivity contribution >= 4 is 28.0 Å². The lowest BCUT2D eigenvalue weighted by atomic mass is 10.4. The molecule has 0 spiro atoms. The quantitative estimate of drug-likeness (QED) is 0.438. The first-order chi connectivity index (χ1) is 4.97. The van der Waals surface area contributed by atoms with Gasteiger partial charge in [0.05, 0.1) is 11.9 Å². The van der Waals surface area contributed by atoms with Crippen molar-refractivity contribution in [3.63, 3.8) is 0 Å². The van der Waals surface area contributed by atoms with Gasteiger partial charge < -0.3 is 0 Å². The molecular formula is C6H4N2S2. The lowest BCUT2D eigenvalue weighted by Crippen LogP contribution is -1.90. The first-order valence-corrected chi connectivity index (χ1v) is 4.89. The van der Waals surface area contributed by atoms with Crippen molar-refractivity contribution < 1.29 is 0 Å². The average molecular weight is 168 g/mol. The molecular weight excluding hydrogens is 164 g/mol. The summed E-state index contributed by atoms with van der Waals surface area (Å²) in [5.41, 5.74) is 0.978. The third-order valence-electron chi connectivity index (χ3n) is 1.14. The minimum Gasteiger partial charge on any atom is -0.254 e. The third-order valence-corrected chi connectivity index (χ3v) is 2.96. The van der Waals surface area contributed by atoms with E-state index in [2.05, 4.69) is 9.38 Å². The van der Waals surface area contributed by atoms with E-state index >= 15 is 0 Å². The van der Waals surface area contributed by atoms with Gasteiger partial charge >= 0.3 is 0 Å². The van der Waals surface area contributed by atoms with E-state index in [4.69, 9.17) is 0 Å². The highest BCUT2D eigenvalue weighted by Gasteiger charge is 2.05. The molecule has 0 bridgehead atoms. The average Bonchev–Trinajstić information content (AvgIpc) is 2.05. The molecule has 0 amide bonds. The summed E-state index contributed by atoms with van der Waals surface area (Å²) in [6.07, 6.45) is 3.57. The maximum Gasteiger partial charge on any atom is 0.0964 e. The molecule has 2 nitrogen and oxygen atoms in total. The normalized spacial score (nSPS) is 14.8. The van der Waals surface area contributed by atoms with E-state index in [1.807, 2.05) is 12.1 Å². The maximum absolute atomic E-state index is 4.14. The Morgan fingerprint density at radius 3 is 3.30 bits per heavy atom. The summed E-state index contributed by atoms with van der Waals surface area (Å²) < 4.78 is 4.01. The molecule has 50 valence electrons. The molecule has 2 heterocycles. The molecule has 1 aliphatic rings. The van der Waals surface area contributed by atoms with Crippen LogP contribution in [0.4, 0.5) is 0 Å². The van der Waals surface area contributed by atoms with Gasteiger partial charge in [-0.1, -0.05) is 0 Å². The first-order valence-electron chi connectivity index (χ1n) is 2.79. The molecule has 0 saturated carbocycles. The molecule has 0 saturated heterocycles. The Labute approximate surface area is 66.7 Å². The van der Waals surface area contributed by atoms with Gasteiger partial charge in [0.2, 0.25) is 0 Å². The van der Waals surface area contributed by atoms with Gasteiger partial charge in [-0.15, -0.1) is 0 Å². The van der Waals surface area contributed by atoms with Gasteiger partial charge in [0.15, 0.2) is 0 Å². The van der Waals surface area contributed by atoms with E-state index in [9.17, 15) is 0 Å². The Morgan fingerprint density at radius 2 is 2.40 bits per heavy atom. The SMILES string of the molecule is C1=NSSc2cccnc21. The van der Waals surface area contributed by atoms with Gasteiger partial charge in [-0.3, -0.25) is 4.98 Å². The molecule has 0 radical (unpaired) electrons. The van der Waals surface area contributed by atoms with Gasteiger partial charge in [0.25, 0.3) is 0 Å². The standard InChI is InChI=1S/C6H4N2S2/c1-2-6-5(7-3-1)4-8-10-9-6/h1-4H. The van der Waals surface area contributed by atoms with E-state index < -0.39 is 0 Å². The second-order valence-corrected chi connectivity index (χ2v) is 3.69. The molecule has 1 aromatic heterocycles. The fourth-order valence-electron chi connectivity index (χ4n) is 0.703. The summed E-state index contributed by atoms with van der Waals surface area (Å²) >= 11 is 0. The van der Waals surface area contributed by atoms with E-state index in [0.29, 0.717) is 0 Å². The number of aromatic nitrogens is 1. The van der Waals surface area contributed by atoms with Crippen molar-refractivity contribution in [3.05, 3.63) is 24.0 Å². The zero-order valence-corrected chi connectivity index (χ0v) is 6.65. The fraction of sp³-hybridized carbons (Fsp3) is 0. The monoisotopic (exact) mass is 168 g/mol. The van der Waals surface area contributed by atoms with Crippen LogP contribution in [-0.4, -0.2) is 11.2 Å². The highest BCUT2D eigenvalue weighted by molar-refractivity contribution is 8.76. The van der Waals surface area contributed by atoms with Gasteiger partial charge in [0.1, 0.15) is 0 Å². The van der Waals surface area contributed by atoms with E-state index in [-0.39, 0.29) is 0 Å². The lowest BCUT2D eigenvalue weighted by Gasteiger charge is -2.03. The summed E-state index contributed by atoms with van der Waals surface area (Å²) in [6.45, 7) is 0. The van der Waals surface area contributed by atoms with Crippen LogP contribution in [0.2, 0.25) is 0 Å². The topological polar surface area (TPSA) is 25.2 Å². The molecule has 0 fully saturated rings. The Bertz CT molecular complexity index is 272.